The molecule has 6 nitrogen and oxygen atoms in total. The number of halogens is 1. The van der Waals surface area contributed by atoms with Crippen molar-refractivity contribution in [3.05, 3.63) is 53.9 Å². The van der Waals surface area contributed by atoms with E-state index in [0.717, 1.165) is 0 Å². The number of fused-ring (bicyclic) bond motifs is 1. The Morgan fingerprint density at radius 2 is 2.05 bits per heavy atom. The van der Waals surface area contributed by atoms with Gasteiger partial charge in [-0.15, -0.1) is 10.2 Å². The Kier molecular flexibility index (Phi) is 3.07. The zero-order valence-corrected chi connectivity index (χ0v) is 11.6. The van der Waals surface area contributed by atoms with Crippen LogP contribution in [-0.2, 0) is 10.0 Å². The zero-order valence-electron chi connectivity index (χ0n) is 10.1. The van der Waals surface area contributed by atoms with Gasteiger partial charge < -0.3 is 0 Å². The van der Waals surface area contributed by atoms with Crippen LogP contribution in [0.1, 0.15) is 0 Å². The summed E-state index contributed by atoms with van der Waals surface area (Å²) in [4.78, 5) is 0.0532. The zero-order chi connectivity index (χ0) is 14.2. The minimum atomic E-state index is -3.76. The van der Waals surface area contributed by atoms with Crippen LogP contribution in [0.5, 0.6) is 0 Å². The van der Waals surface area contributed by atoms with Crippen LogP contribution in [0.2, 0.25) is 5.02 Å². The SMILES string of the molecule is O=S(=O)(Nc1cccc(Cl)c1)c1cccn2cnnc12. The van der Waals surface area contributed by atoms with Crippen molar-refractivity contribution >= 4 is 33.0 Å². The molecule has 2 heterocycles. The molecule has 1 aromatic carbocycles. The molecule has 8 heteroatoms. The standard InChI is InChI=1S/C12H9ClN4O2S/c13-9-3-1-4-10(7-9)16-20(18,19)11-5-2-6-17-8-14-15-12(11)17/h1-8,16H. The van der Waals surface area contributed by atoms with Crippen LogP contribution in [0.3, 0.4) is 0 Å². The Morgan fingerprint density at radius 3 is 2.85 bits per heavy atom. The number of nitrogens with zero attached hydrogens (tertiary/aromatic N) is 3. The molecule has 1 N–H and O–H groups in total. The molecule has 20 heavy (non-hydrogen) atoms. The summed E-state index contributed by atoms with van der Waals surface area (Å²) in [5.74, 6) is 0. The van der Waals surface area contributed by atoms with Gasteiger partial charge in [0, 0.05) is 11.2 Å². The fraction of sp³-hybridized carbons (Fsp3) is 0. The molecule has 2 aromatic heterocycles. The maximum atomic E-state index is 12.4. The fourth-order valence-electron chi connectivity index (χ4n) is 1.80. The van der Waals surface area contributed by atoms with Crippen LogP contribution < -0.4 is 4.72 Å². The smallest absolute Gasteiger partial charge is 0.265 e. The first-order valence-electron chi connectivity index (χ1n) is 5.63. The first-order chi connectivity index (χ1) is 9.56. The van der Waals surface area contributed by atoms with Gasteiger partial charge in [0.2, 0.25) is 0 Å². The molecule has 0 aliphatic rings. The average Bonchev–Trinajstić information content (AvgIpc) is 2.85. The van der Waals surface area contributed by atoms with Crippen LogP contribution in [0.25, 0.3) is 5.65 Å². The third kappa shape index (κ3) is 2.33. The van der Waals surface area contributed by atoms with Crippen LogP contribution in [0.15, 0.2) is 53.8 Å². The van der Waals surface area contributed by atoms with Crippen LogP contribution in [0, 0.1) is 0 Å². The van der Waals surface area contributed by atoms with E-state index in [1.54, 1.807) is 30.5 Å². The minimum Gasteiger partial charge on any atom is -0.288 e. The molecule has 0 aliphatic heterocycles. The second kappa shape index (κ2) is 4.77. The third-order valence-electron chi connectivity index (χ3n) is 2.65. The molecule has 102 valence electrons. The van der Waals surface area contributed by atoms with E-state index in [0.29, 0.717) is 10.7 Å². The fourth-order valence-corrected chi connectivity index (χ4v) is 3.18. The second-order valence-electron chi connectivity index (χ2n) is 4.05. The van der Waals surface area contributed by atoms with E-state index in [2.05, 4.69) is 14.9 Å². The van der Waals surface area contributed by atoms with Gasteiger partial charge in [-0.05, 0) is 30.3 Å². The summed E-state index contributed by atoms with van der Waals surface area (Å²) in [5, 5.41) is 7.96. The Labute approximate surface area is 120 Å². The second-order valence-corrected chi connectivity index (χ2v) is 6.14. The van der Waals surface area contributed by atoms with Crippen molar-refractivity contribution in [2.24, 2.45) is 0 Å². The highest BCUT2D eigenvalue weighted by Crippen LogP contribution is 2.21. The number of pyridine rings is 1. The summed E-state index contributed by atoms with van der Waals surface area (Å²) in [6, 6.07) is 9.56. The molecule has 0 radical (unpaired) electrons. The normalized spacial score (nSPS) is 11.7. The number of anilines is 1. The Bertz CT molecular complexity index is 876. The van der Waals surface area contributed by atoms with Crippen molar-refractivity contribution < 1.29 is 8.42 Å². The van der Waals surface area contributed by atoms with E-state index in [1.165, 1.54) is 22.9 Å². The number of rotatable bonds is 3. The summed E-state index contributed by atoms with van der Waals surface area (Å²) in [6.07, 6.45) is 3.11. The molecule has 0 bridgehead atoms. The van der Waals surface area contributed by atoms with Crippen LogP contribution in [-0.4, -0.2) is 23.0 Å². The lowest BCUT2D eigenvalue weighted by Gasteiger charge is -2.08. The first-order valence-corrected chi connectivity index (χ1v) is 7.49. The largest absolute Gasteiger partial charge is 0.288 e. The molecule has 0 aliphatic carbocycles. The van der Waals surface area contributed by atoms with Gasteiger partial charge >= 0.3 is 0 Å². The molecule has 0 atom stereocenters. The number of nitrogens with one attached hydrogen (secondary N) is 1. The Morgan fingerprint density at radius 1 is 1.20 bits per heavy atom. The quantitative estimate of drug-likeness (QED) is 0.804. The summed E-state index contributed by atoms with van der Waals surface area (Å²) in [7, 11) is -3.76. The lowest BCUT2D eigenvalue weighted by molar-refractivity contribution is 0.601. The van der Waals surface area contributed by atoms with E-state index < -0.39 is 10.0 Å². The molecule has 0 unspecified atom stereocenters. The predicted molar refractivity (Wildman–Crippen MR) is 75.2 cm³/mol. The maximum Gasteiger partial charge on any atom is 0.265 e. The summed E-state index contributed by atoms with van der Waals surface area (Å²) >= 11 is 5.84. The lowest BCUT2D eigenvalue weighted by atomic mass is 10.3. The highest BCUT2D eigenvalue weighted by molar-refractivity contribution is 7.93. The van der Waals surface area contributed by atoms with Gasteiger partial charge in [-0.1, -0.05) is 17.7 Å². The lowest BCUT2D eigenvalue weighted by Crippen LogP contribution is -2.14. The molecule has 3 rings (SSSR count). The van der Waals surface area contributed by atoms with Gasteiger partial charge in [0.05, 0.1) is 5.69 Å². The molecule has 0 fully saturated rings. The van der Waals surface area contributed by atoms with Gasteiger partial charge in [0.25, 0.3) is 10.0 Å². The molecule has 0 amide bonds. The van der Waals surface area contributed by atoms with E-state index in [-0.39, 0.29) is 10.5 Å². The molecule has 0 saturated carbocycles. The number of hydrogen-bond donors (Lipinski definition) is 1. The van der Waals surface area contributed by atoms with E-state index in [9.17, 15) is 8.42 Å². The van der Waals surface area contributed by atoms with Crippen LogP contribution >= 0.6 is 11.6 Å². The van der Waals surface area contributed by atoms with Crippen molar-refractivity contribution in [3.63, 3.8) is 0 Å². The number of sulfonamides is 1. The van der Waals surface area contributed by atoms with Crippen molar-refractivity contribution in [1.82, 2.24) is 14.6 Å². The van der Waals surface area contributed by atoms with Gasteiger partial charge in [-0.3, -0.25) is 9.12 Å². The highest BCUT2D eigenvalue weighted by atomic mass is 35.5. The monoisotopic (exact) mass is 308 g/mol. The summed E-state index contributed by atoms with van der Waals surface area (Å²) in [6.45, 7) is 0. The van der Waals surface area contributed by atoms with Gasteiger partial charge in [0.1, 0.15) is 11.2 Å². The summed E-state index contributed by atoms with van der Waals surface area (Å²) < 4.78 is 28.8. The summed E-state index contributed by atoms with van der Waals surface area (Å²) in [5.41, 5.74) is 0.654. The maximum absolute atomic E-state index is 12.4. The van der Waals surface area contributed by atoms with Crippen LogP contribution in [0.4, 0.5) is 5.69 Å². The van der Waals surface area contributed by atoms with E-state index in [4.69, 9.17) is 11.6 Å². The Balaban J connectivity index is 2.06. The number of aromatic nitrogens is 3. The Hall–Kier alpha value is -2.12. The average molecular weight is 309 g/mol. The molecule has 0 spiro atoms. The molecule has 0 saturated heterocycles. The van der Waals surface area contributed by atoms with Crippen molar-refractivity contribution in [1.29, 1.82) is 0 Å². The minimum absolute atomic E-state index is 0.0532. The van der Waals surface area contributed by atoms with Gasteiger partial charge in [-0.2, -0.15) is 0 Å². The van der Waals surface area contributed by atoms with Gasteiger partial charge in [-0.25, -0.2) is 8.42 Å². The topological polar surface area (TPSA) is 76.4 Å². The number of benzene rings is 1. The predicted octanol–water partition coefficient (Wildman–Crippen LogP) is 2.18. The van der Waals surface area contributed by atoms with E-state index >= 15 is 0 Å². The highest BCUT2D eigenvalue weighted by Gasteiger charge is 2.19. The van der Waals surface area contributed by atoms with Crippen molar-refractivity contribution in [2.45, 2.75) is 4.90 Å². The molecule has 3 aromatic rings. The molecular weight excluding hydrogens is 300 g/mol. The van der Waals surface area contributed by atoms with Crippen molar-refractivity contribution in [3.8, 4) is 0 Å². The van der Waals surface area contributed by atoms with Crippen molar-refractivity contribution in [2.75, 3.05) is 4.72 Å². The van der Waals surface area contributed by atoms with E-state index in [1.807, 2.05) is 0 Å². The number of hydrogen-bond acceptors (Lipinski definition) is 4. The third-order valence-corrected chi connectivity index (χ3v) is 4.29. The van der Waals surface area contributed by atoms with Gasteiger partial charge in [0.15, 0.2) is 5.65 Å². The first kappa shape index (κ1) is 12.9. The molecular formula is C12H9ClN4O2S.